The van der Waals surface area contributed by atoms with Crippen molar-refractivity contribution < 1.29 is 14.6 Å². The van der Waals surface area contributed by atoms with Crippen LogP contribution in [0, 0.1) is 40.4 Å². The van der Waals surface area contributed by atoms with Crippen LogP contribution in [0.15, 0.2) is 18.2 Å². The predicted octanol–water partition coefficient (Wildman–Crippen LogP) is 5.81. The third kappa shape index (κ3) is 3.57. The molecule has 1 aromatic carbocycles. The highest BCUT2D eigenvalue weighted by Crippen LogP contribution is 2.69. The molecule has 1 aromatic heterocycles. The van der Waals surface area contributed by atoms with Gasteiger partial charge in [0.05, 0.1) is 12.7 Å². The first-order valence-electron chi connectivity index (χ1n) is 14.3. The zero-order chi connectivity index (χ0) is 25.3. The van der Waals surface area contributed by atoms with Crippen LogP contribution in [0.3, 0.4) is 0 Å². The van der Waals surface area contributed by atoms with Gasteiger partial charge in [-0.1, -0.05) is 19.9 Å². The minimum Gasteiger partial charge on any atom is -0.494 e. The fourth-order valence-electron chi connectivity index (χ4n) is 9.91. The van der Waals surface area contributed by atoms with Gasteiger partial charge in [0.25, 0.3) is 0 Å². The molecule has 4 aliphatic carbocycles. The molecule has 36 heavy (non-hydrogen) atoms. The first-order chi connectivity index (χ1) is 17.2. The first-order valence-corrected chi connectivity index (χ1v) is 14.3. The highest BCUT2D eigenvalue weighted by atomic mass is 16.5. The van der Waals surface area contributed by atoms with Gasteiger partial charge in [0.15, 0.2) is 11.3 Å². The van der Waals surface area contributed by atoms with E-state index in [2.05, 4.69) is 31.0 Å². The van der Waals surface area contributed by atoms with Crippen molar-refractivity contribution in [1.29, 1.82) is 0 Å². The zero-order valence-electron chi connectivity index (χ0n) is 22.5. The fraction of sp³-hybridized carbons (Fsp3) is 0.767. The van der Waals surface area contributed by atoms with Gasteiger partial charge in [0.2, 0.25) is 0 Å². The van der Waals surface area contributed by atoms with Crippen LogP contribution in [0.2, 0.25) is 0 Å². The molecule has 0 amide bonds. The molecule has 4 aliphatic rings. The van der Waals surface area contributed by atoms with E-state index in [4.69, 9.17) is 4.74 Å². The second-order valence-electron chi connectivity index (χ2n) is 13.1. The molecule has 0 bridgehead atoms. The number of fused-ring (bicyclic) bond motifs is 6. The quantitative estimate of drug-likeness (QED) is 0.569. The van der Waals surface area contributed by atoms with E-state index >= 15 is 0 Å². The number of rotatable bonds is 5. The van der Waals surface area contributed by atoms with Gasteiger partial charge in [0.1, 0.15) is 17.8 Å². The van der Waals surface area contributed by atoms with Gasteiger partial charge < -0.3 is 9.84 Å². The molecule has 6 rings (SSSR count). The minimum atomic E-state index is -0.487. The van der Waals surface area contributed by atoms with Crippen LogP contribution in [-0.4, -0.2) is 38.6 Å². The number of aromatic nitrogens is 3. The monoisotopic (exact) mass is 493 g/mol. The predicted molar refractivity (Wildman–Crippen MR) is 140 cm³/mol. The summed E-state index contributed by atoms with van der Waals surface area (Å²) in [5, 5.41) is 20.0. The molecule has 0 unspecified atom stereocenters. The van der Waals surface area contributed by atoms with Gasteiger partial charge in [-0.25, -0.2) is 0 Å². The Morgan fingerprint density at radius 3 is 2.69 bits per heavy atom. The second-order valence-corrected chi connectivity index (χ2v) is 13.1. The number of methoxy groups -OCH3 is 1. The Morgan fingerprint density at radius 2 is 1.92 bits per heavy atom. The van der Waals surface area contributed by atoms with Crippen LogP contribution in [0.4, 0.5) is 0 Å². The van der Waals surface area contributed by atoms with Crippen LogP contribution in [0.1, 0.15) is 85.0 Å². The van der Waals surface area contributed by atoms with E-state index in [0.29, 0.717) is 28.8 Å². The molecule has 196 valence electrons. The van der Waals surface area contributed by atoms with Gasteiger partial charge in [-0.15, -0.1) is 5.10 Å². The van der Waals surface area contributed by atoms with Crippen molar-refractivity contribution >= 4 is 16.8 Å². The number of nitrogens with zero attached hydrogens (tertiary/aromatic N) is 3. The standard InChI is InChI=1S/C30H43N3O3/c1-5-30-16-15-28(2,35)17-19(30)9-10-20-21-11-12-23(29(21,3)14-13-22(20)30)25(34)18-33-31-24-7-6-8-26(36-4)27(24)32-33/h6-8,19-23,35H,5,9-18H2,1-4H3/t19-,20-,21-,22-,23+,28+,29-,30-/m0/s1. The lowest BCUT2D eigenvalue weighted by atomic mass is 9.42. The SMILES string of the molecule is CC[C@]12CC[C@@](C)(O)C[C@@H]1CC[C@H]1[C@@H]3CC[C@H](C(=O)Cn4nc5cccc(OC)c5n4)[C@@]3(C)CC[C@@H]12. The lowest BCUT2D eigenvalue weighted by molar-refractivity contribution is -0.158. The molecule has 6 heteroatoms. The Balaban J connectivity index is 1.22. The molecule has 4 saturated carbocycles. The van der Waals surface area contributed by atoms with Crippen molar-refractivity contribution in [3.05, 3.63) is 18.2 Å². The maximum Gasteiger partial charge on any atom is 0.159 e. The van der Waals surface area contributed by atoms with Gasteiger partial charge in [0, 0.05) is 5.92 Å². The van der Waals surface area contributed by atoms with Gasteiger partial charge in [-0.2, -0.15) is 9.90 Å². The third-order valence-corrected chi connectivity index (χ3v) is 11.6. The summed E-state index contributed by atoms with van der Waals surface area (Å²) in [7, 11) is 1.64. The number of benzene rings is 1. The summed E-state index contributed by atoms with van der Waals surface area (Å²) in [6.45, 7) is 7.13. The van der Waals surface area contributed by atoms with Crippen LogP contribution < -0.4 is 4.74 Å². The van der Waals surface area contributed by atoms with E-state index in [1.54, 1.807) is 11.9 Å². The summed E-state index contributed by atoms with van der Waals surface area (Å²) in [6, 6.07) is 5.72. The van der Waals surface area contributed by atoms with E-state index in [-0.39, 0.29) is 17.9 Å². The summed E-state index contributed by atoms with van der Waals surface area (Å²) in [4.78, 5) is 15.3. The average Bonchev–Trinajstić information content (AvgIpc) is 3.43. The van der Waals surface area contributed by atoms with Crippen molar-refractivity contribution in [2.24, 2.45) is 40.4 Å². The number of hydrogen-bond donors (Lipinski definition) is 1. The topological polar surface area (TPSA) is 77.2 Å². The summed E-state index contributed by atoms with van der Waals surface area (Å²) in [5.41, 5.74) is 1.49. The summed E-state index contributed by atoms with van der Waals surface area (Å²) in [6.07, 6.45) is 11.4. The van der Waals surface area contributed by atoms with E-state index in [1.165, 1.54) is 38.5 Å². The number of ether oxygens (including phenoxy) is 1. The molecule has 0 spiro atoms. The van der Waals surface area contributed by atoms with Gasteiger partial charge in [-0.05, 0) is 118 Å². The van der Waals surface area contributed by atoms with Crippen LogP contribution in [0.5, 0.6) is 5.75 Å². The van der Waals surface area contributed by atoms with Gasteiger partial charge in [-0.3, -0.25) is 4.79 Å². The summed E-state index contributed by atoms with van der Waals surface area (Å²) >= 11 is 0. The number of hydrogen-bond acceptors (Lipinski definition) is 5. The van der Waals surface area contributed by atoms with Crippen molar-refractivity contribution in [1.82, 2.24) is 15.0 Å². The molecule has 6 nitrogen and oxygen atoms in total. The summed E-state index contributed by atoms with van der Waals surface area (Å²) in [5.74, 6) is 3.88. The lowest BCUT2D eigenvalue weighted by Crippen LogP contribution is -2.56. The van der Waals surface area contributed by atoms with Crippen molar-refractivity contribution in [3.8, 4) is 5.75 Å². The van der Waals surface area contributed by atoms with Crippen LogP contribution in [-0.2, 0) is 11.3 Å². The maximum absolute atomic E-state index is 13.7. The normalized spacial score (nSPS) is 42.0. The van der Waals surface area contributed by atoms with Gasteiger partial charge >= 0.3 is 0 Å². The number of carbonyl (C=O) groups excluding carboxylic acids is 1. The molecule has 0 aliphatic heterocycles. The number of ketones is 1. The second kappa shape index (κ2) is 8.54. The molecule has 1 heterocycles. The fourth-order valence-corrected chi connectivity index (χ4v) is 9.91. The van der Waals surface area contributed by atoms with E-state index in [0.717, 1.165) is 48.6 Å². The van der Waals surface area contributed by atoms with Crippen LogP contribution in [0.25, 0.3) is 11.0 Å². The largest absolute Gasteiger partial charge is 0.494 e. The number of carbonyl (C=O) groups is 1. The highest BCUT2D eigenvalue weighted by molar-refractivity contribution is 5.83. The van der Waals surface area contributed by atoms with E-state index < -0.39 is 5.60 Å². The highest BCUT2D eigenvalue weighted by Gasteiger charge is 2.62. The third-order valence-electron chi connectivity index (χ3n) is 11.6. The summed E-state index contributed by atoms with van der Waals surface area (Å²) < 4.78 is 5.43. The Morgan fingerprint density at radius 1 is 1.08 bits per heavy atom. The van der Waals surface area contributed by atoms with E-state index in [9.17, 15) is 9.90 Å². The molecule has 8 atom stereocenters. The molecule has 0 saturated heterocycles. The maximum atomic E-state index is 13.7. The first kappa shape index (κ1) is 24.4. The molecule has 2 aromatic rings. The number of aliphatic hydroxyl groups is 1. The molecular weight excluding hydrogens is 450 g/mol. The van der Waals surface area contributed by atoms with Crippen molar-refractivity contribution in [2.45, 2.75) is 97.1 Å². The average molecular weight is 494 g/mol. The Kier molecular flexibility index (Phi) is 5.79. The molecule has 4 fully saturated rings. The molecule has 0 radical (unpaired) electrons. The number of Topliss-reactive ketones (excluding diaryl/α,β-unsaturated/α-hetero) is 1. The van der Waals surface area contributed by atoms with Crippen LogP contribution >= 0.6 is 0 Å². The Labute approximate surface area is 215 Å². The lowest BCUT2D eigenvalue weighted by Gasteiger charge is -2.63. The van der Waals surface area contributed by atoms with Crippen molar-refractivity contribution in [2.75, 3.05) is 7.11 Å². The van der Waals surface area contributed by atoms with E-state index in [1.807, 2.05) is 18.2 Å². The molecule has 1 N–H and O–H groups in total. The molecular formula is C30H43N3O3. The Hall–Kier alpha value is -1.95. The zero-order valence-corrected chi connectivity index (χ0v) is 22.5. The Bertz CT molecular complexity index is 1160. The minimum absolute atomic E-state index is 0.0877. The smallest absolute Gasteiger partial charge is 0.159 e. The van der Waals surface area contributed by atoms with Crippen molar-refractivity contribution in [3.63, 3.8) is 0 Å².